The molecule has 1 spiro atoms. The highest BCUT2D eigenvalue weighted by Crippen LogP contribution is 2.59. The summed E-state index contributed by atoms with van der Waals surface area (Å²) in [6.07, 6.45) is 1.03. The number of hydrogen-bond donors (Lipinski definition) is 2. The number of esters is 1. The second-order valence-corrected chi connectivity index (χ2v) is 17.6. The lowest BCUT2D eigenvalue weighted by atomic mass is 9.55. The fourth-order valence-corrected chi connectivity index (χ4v) is 9.46. The first-order valence-electron chi connectivity index (χ1n) is 19.0. The van der Waals surface area contributed by atoms with Gasteiger partial charge < -0.3 is 14.8 Å². The summed E-state index contributed by atoms with van der Waals surface area (Å²) < 4.78 is 66.2. The Morgan fingerprint density at radius 1 is 0.982 bits per heavy atom. The topological polar surface area (TPSA) is 145 Å². The van der Waals surface area contributed by atoms with E-state index in [1.54, 1.807) is 70.2 Å². The van der Waals surface area contributed by atoms with Crippen LogP contribution in [0.3, 0.4) is 0 Å². The highest BCUT2D eigenvalue weighted by Gasteiger charge is 2.61. The number of amides is 1. The monoisotopic (exact) mass is 848 g/mol. The van der Waals surface area contributed by atoms with Crippen molar-refractivity contribution in [3.05, 3.63) is 98.3 Å². The number of sulfonamides is 1. The number of piperidine rings is 1. The summed E-state index contributed by atoms with van der Waals surface area (Å²) in [5.74, 6) is -5.25. The molecule has 1 fully saturated rings. The van der Waals surface area contributed by atoms with Crippen LogP contribution in [0, 0.1) is 18.7 Å². The number of benzene rings is 3. The van der Waals surface area contributed by atoms with Gasteiger partial charge in [-0.2, -0.15) is 0 Å². The van der Waals surface area contributed by atoms with Gasteiger partial charge in [-0.3, -0.25) is 19.2 Å². The number of ketones is 2. The number of alkyl halides is 1. The van der Waals surface area contributed by atoms with Gasteiger partial charge in [0.1, 0.15) is 30.6 Å². The number of aryl methyl sites for hydroxylation is 1. The van der Waals surface area contributed by atoms with Gasteiger partial charge in [0.05, 0.1) is 23.6 Å². The summed E-state index contributed by atoms with van der Waals surface area (Å²) in [7, 11) is -3.47. The van der Waals surface area contributed by atoms with Gasteiger partial charge in [0.25, 0.3) is 0 Å². The summed E-state index contributed by atoms with van der Waals surface area (Å²) in [6, 6.07) is 12.6. The van der Waals surface area contributed by atoms with Crippen LogP contribution in [0.25, 0.3) is 0 Å². The number of carbonyl (C=O) groups is 4. The van der Waals surface area contributed by atoms with Crippen molar-refractivity contribution in [1.29, 1.82) is 0 Å². The van der Waals surface area contributed by atoms with Gasteiger partial charge in [-0.15, -0.1) is 0 Å². The molecule has 2 N–H and O–H groups in total. The summed E-state index contributed by atoms with van der Waals surface area (Å²) in [5, 5.41) is 3.58. The molecule has 1 heterocycles. The number of hydrogen-bond acceptors (Lipinski definition) is 8. The number of Topliss-reactive ketones (excluding diaryl/α,β-unsaturated/α-hetero) is 2. The Balaban J connectivity index is 1.78. The third-order valence-electron chi connectivity index (χ3n) is 11.5. The molecule has 0 bridgehead atoms. The number of fused-ring (bicyclic) bond motifs is 2. The van der Waals surface area contributed by atoms with Crippen LogP contribution in [0.2, 0.25) is 10.0 Å². The molecule has 0 saturated carbocycles. The maximum Gasteiger partial charge on any atom is 0.310 e. The predicted octanol–water partition coefficient (Wildman–Crippen LogP) is 7.77. The molecule has 3 aromatic rings. The predicted molar refractivity (Wildman–Crippen MR) is 213 cm³/mol. The molecule has 3 aromatic carbocycles. The normalized spacial score (nSPS) is 22.4. The molecule has 1 aliphatic heterocycles. The van der Waals surface area contributed by atoms with Gasteiger partial charge in [0.2, 0.25) is 15.9 Å². The maximum absolute atomic E-state index is 15.6. The zero-order chi connectivity index (χ0) is 41.9. The van der Waals surface area contributed by atoms with Crippen LogP contribution in [0.5, 0.6) is 5.75 Å². The molecule has 1 amide bonds. The Morgan fingerprint density at radius 3 is 2.30 bits per heavy atom. The Hall–Kier alpha value is -3.91. The SMILES string of the molecule is CCC(CC)(Oc1ccc(Cl)cc1C1CC(=O)NC(c2cc(F)ccc2C)C12C(=O)CC(C(=O)OCCF)C(C)c1cc(Cl)ccc12)C(=O)CCCNS(C)(=O)=O. The lowest BCUT2D eigenvalue weighted by molar-refractivity contribution is -0.152. The van der Waals surface area contributed by atoms with Crippen molar-refractivity contribution < 1.29 is 45.9 Å². The molecule has 1 aliphatic carbocycles. The van der Waals surface area contributed by atoms with Gasteiger partial charge in [0.15, 0.2) is 11.4 Å². The standard InChI is InChI=1S/C42H48Cl2F2N2O8S/c1-6-41(7-2,36(49)9-8-17-47-57(5,53)54)56-35-15-12-27(44)20-32(35)34-23-38(51)48-39(29-21-28(46)13-10-24(29)3)42(34)33-14-11-26(43)19-30(33)25(4)31(22-37(42)50)40(52)55-18-16-45/h10-15,19-21,25,31,34,39,47H,6-9,16-18,22-23H2,1-5H3,(H,48,51). The minimum Gasteiger partial charge on any atom is -0.479 e. The average Bonchev–Trinajstić information content (AvgIpc) is 3.25. The van der Waals surface area contributed by atoms with E-state index in [0.717, 1.165) is 6.26 Å². The van der Waals surface area contributed by atoms with E-state index in [2.05, 4.69) is 10.0 Å². The Kier molecular flexibility index (Phi) is 13.9. The molecule has 308 valence electrons. The largest absolute Gasteiger partial charge is 0.479 e. The highest BCUT2D eigenvalue weighted by atomic mass is 35.5. The van der Waals surface area contributed by atoms with Crippen LogP contribution in [0.4, 0.5) is 8.78 Å². The molecule has 5 unspecified atom stereocenters. The van der Waals surface area contributed by atoms with E-state index in [-0.39, 0.29) is 61.6 Å². The number of rotatable bonds is 15. The first kappa shape index (κ1) is 44.2. The zero-order valence-electron chi connectivity index (χ0n) is 32.6. The summed E-state index contributed by atoms with van der Waals surface area (Å²) >= 11 is 13.3. The molecule has 2 aliphatic rings. The first-order chi connectivity index (χ1) is 26.9. The fraction of sp³-hybridized carbons (Fsp3) is 0.476. The molecule has 0 radical (unpaired) electrons. The summed E-state index contributed by atoms with van der Waals surface area (Å²) in [4.78, 5) is 57.3. The Morgan fingerprint density at radius 2 is 1.65 bits per heavy atom. The highest BCUT2D eigenvalue weighted by molar-refractivity contribution is 7.88. The zero-order valence-corrected chi connectivity index (χ0v) is 34.9. The van der Waals surface area contributed by atoms with E-state index < -0.39 is 81.6 Å². The van der Waals surface area contributed by atoms with Crippen molar-refractivity contribution in [2.45, 2.75) is 95.1 Å². The molecular weight excluding hydrogens is 801 g/mol. The number of halogens is 4. The smallest absolute Gasteiger partial charge is 0.310 e. The van der Waals surface area contributed by atoms with Crippen molar-refractivity contribution >= 4 is 56.7 Å². The number of carbonyl (C=O) groups excluding carboxylic acids is 4. The maximum atomic E-state index is 15.6. The van der Waals surface area contributed by atoms with E-state index in [1.165, 1.54) is 12.1 Å². The molecule has 0 aromatic heterocycles. The quantitative estimate of drug-likeness (QED) is 0.117. The minimum atomic E-state index is -3.47. The van der Waals surface area contributed by atoms with E-state index in [1.807, 2.05) is 0 Å². The molecule has 5 rings (SSSR count). The number of nitrogens with one attached hydrogen (secondary N) is 2. The third kappa shape index (κ3) is 9.06. The summed E-state index contributed by atoms with van der Waals surface area (Å²) in [6.45, 7) is 5.71. The second-order valence-electron chi connectivity index (χ2n) is 14.9. The number of ether oxygens (including phenoxy) is 2. The molecule has 1 saturated heterocycles. The van der Waals surface area contributed by atoms with Crippen molar-refractivity contribution in [2.75, 3.05) is 26.1 Å². The molecule has 15 heteroatoms. The van der Waals surface area contributed by atoms with E-state index in [9.17, 15) is 27.2 Å². The van der Waals surface area contributed by atoms with Crippen molar-refractivity contribution in [3.63, 3.8) is 0 Å². The molecule has 5 atom stereocenters. The second kappa shape index (κ2) is 17.9. The molecule has 10 nitrogen and oxygen atoms in total. The van der Waals surface area contributed by atoms with Crippen LogP contribution in [0.1, 0.15) is 105 Å². The van der Waals surface area contributed by atoms with E-state index in [0.29, 0.717) is 32.8 Å². The van der Waals surface area contributed by atoms with Gasteiger partial charge in [-0.25, -0.2) is 21.9 Å². The third-order valence-corrected chi connectivity index (χ3v) is 12.7. The summed E-state index contributed by atoms with van der Waals surface area (Å²) in [5.41, 5.74) is -0.982. The van der Waals surface area contributed by atoms with Gasteiger partial charge >= 0.3 is 5.97 Å². The Labute approximate surface area is 342 Å². The van der Waals surface area contributed by atoms with E-state index >= 15 is 9.18 Å². The molecule has 57 heavy (non-hydrogen) atoms. The lowest BCUT2D eigenvalue weighted by Gasteiger charge is -2.50. The van der Waals surface area contributed by atoms with Crippen LogP contribution in [-0.4, -0.2) is 63.5 Å². The van der Waals surface area contributed by atoms with Crippen molar-refractivity contribution in [2.24, 2.45) is 5.92 Å². The van der Waals surface area contributed by atoms with Crippen molar-refractivity contribution in [1.82, 2.24) is 10.0 Å². The van der Waals surface area contributed by atoms with Crippen LogP contribution in [0.15, 0.2) is 54.6 Å². The average molecular weight is 850 g/mol. The van der Waals surface area contributed by atoms with Gasteiger partial charge in [0, 0.05) is 47.3 Å². The molecular formula is C42H48Cl2F2N2O8S. The van der Waals surface area contributed by atoms with Crippen LogP contribution < -0.4 is 14.8 Å². The first-order valence-corrected chi connectivity index (χ1v) is 21.6. The van der Waals surface area contributed by atoms with Gasteiger partial charge in [-0.05, 0) is 96.8 Å². The van der Waals surface area contributed by atoms with E-state index in [4.69, 9.17) is 32.7 Å². The Bertz CT molecular complexity index is 2150. The lowest BCUT2D eigenvalue weighted by Crippen LogP contribution is -2.58. The van der Waals surface area contributed by atoms with Crippen molar-refractivity contribution in [3.8, 4) is 5.75 Å². The van der Waals surface area contributed by atoms with Crippen LogP contribution >= 0.6 is 23.2 Å². The minimum absolute atomic E-state index is 0.00573. The van der Waals surface area contributed by atoms with Gasteiger partial charge in [-0.1, -0.05) is 56.1 Å². The fourth-order valence-electron chi connectivity index (χ4n) is 8.59. The van der Waals surface area contributed by atoms with Crippen LogP contribution in [-0.2, 0) is 39.4 Å².